The van der Waals surface area contributed by atoms with Crippen LogP contribution < -0.4 is 9.47 Å². The van der Waals surface area contributed by atoms with Gasteiger partial charge in [-0.1, -0.05) is 17.7 Å². The maximum Gasteiger partial charge on any atom is 0.288 e. The van der Waals surface area contributed by atoms with E-state index in [-0.39, 0.29) is 16.6 Å². The van der Waals surface area contributed by atoms with Gasteiger partial charge in [-0.2, -0.15) is 0 Å². The number of nitro benzene ring substituents is 1. The van der Waals surface area contributed by atoms with Crippen LogP contribution in [0.25, 0.3) is 6.08 Å². The Bertz CT molecular complexity index is 958. The van der Waals surface area contributed by atoms with Crippen molar-refractivity contribution >= 4 is 29.3 Å². The molecule has 0 N–H and O–H groups in total. The quantitative estimate of drug-likeness (QED) is 0.431. The number of methoxy groups -OCH3 is 2. The highest BCUT2D eigenvalue weighted by Gasteiger charge is 2.21. The Morgan fingerprint density at radius 3 is 2.50 bits per heavy atom. The zero-order valence-corrected chi connectivity index (χ0v) is 16.2. The topological polar surface area (TPSA) is 81.9 Å². The monoisotopic (exact) mass is 402 g/mol. The molecule has 7 nitrogen and oxygen atoms in total. The van der Waals surface area contributed by atoms with Crippen LogP contribution in [0.1, 0.15) is 16.7 Å². The fourth-order valence-electron chi connectivity index (χ4n) is 3.12. The Balaban J connectivity index is 1.75. The molecule has 2 aromatic carbocycles. The minimum Gasteiger partial charge on any atom is -0.493 e. The van der Waals surface area contributed by atoms with Gasteiger partial charge in [0.15, 0.2) is 11.5 Å². The molecule has 28 heavy (non-hydrogen) atoms. The Labute approximate surface area is 167 Å². The van der Waals surface area contributed by atoms with Crippen molar-refractivity contribution in [2.75, 3.05) is 20.8 Å². The summed E-state index contributed by atoms with van der Waals surface area (Å²) in [5, 5.41) is 11.0. The number of nitrogens with zero attached hydrogens (tertiary/aromatic N) is 2. The van der Waals surface area contributed by atoms with Crippen molar-refractivity contribution < 1.29 is 19.2 Å². The van der Waals surface area contributed by atoms with E-state index in [1.165, 1.54) is 18.2 Å². The summed E-state index contributed by atoms with van der Waals surface area (Å²) >= 11 is 5.81. The summed E-state index contributed by atoms with van der Waals surface area (Å²) in [6.07, 6.45) is 3.68. The second-order valence-corrected chi connectivity index (χ2v) is 6.69. The molecule has 0 saturated carbocycles. The first-order valence-corrected chi connectivity index (χ1v) is 8.95. The minimum atomic E-state index is -0.551. The second kappa shape index (κ2) is 8.31. The highest BCUT2D eigenvalue weighted by Crippen LogP contribution is 2.33. The van der Waals surface area contributed by atoms with Crippen LogP contribution in [0.5, 0.6) is 11.5 Å². The lowest BCUT2D eigenvalue weighted by Gasteiger charge is -2.28. The van der Waals surface area contributed by atoms with Gasteiger partial charge < -0.3 is 14.4 Å². The molecule has 0 atom stereocenters. The Morgan fingerprint density at radius 2 is 1.86 bits per heavy atom. The second-order valence-electron chi connectivity index (χ2n) is 6.29. The first kappa shape index (κ1) is 19.7. The van der Waals surface area contributed by atoms with Crippen molar-refractivity contribution in [2.45, 2.75) is 13.0 Å². The number of hydrogen-bond donors (Lipinski definition) is 0. The van der Waals surface area contributed by atoms with E-state index in [2.05, 4.69) is 0 Å². The first-order valence-electron chi connectivity index (χ1n) is 8.57. The molecule has 3 rings (SSSR count). The standard InChI is InChI=1S/C20H19ClN2O5/c1-27-18-10-14-7-8-22(12-15(14)11-19(18)28-2)20(24)6-4-13-3-5-16(21)17(9-13)23(25)26/h3-6,9-11H,7-8,12H2,1-2H3/b6-4+. The fourth-order valence-corrected chi connectivity index (χ4v) is 3.30. The van der Waals surface area contributed by atoms with Crippen molar-refractivity contribution in [3.8, 4) is 11.5 Å². The zero-order valence-electron chi connectivity index (χ0n) is 15.5. The Morgan fingerprint density at radius 1 is 1.18 bits per heavy atom. The normalized spacial score (nSPS) is 13.3. The smallest absolute Gasteiger partial charge is 0.288 e. The number of carbonyl (C=O) groups is 1. The van der Waals surface area contributed by atoms with E-state index in [1.807, 2.05) is 12.1 Å². The number of benzene rings is 2. The summed E-state index contributed by atoms with van der Waals surface area (Å²) in [6.45, 7) is 1.03. The molecule has 146 valence electrons. The highest BCUT2D eigenvalue weighted by molar-refractivity contribution is 6.32. The Kier molecular flexibility index (Phi) is 5.84. The lowest BCUT2D eigenvalue weighted by molar-refractivity contribution is -0.384. The largest absolute Gasteiger partial charge is 0.493 e. The summed E-state index contributed by atoms with van der Waals surface area (Å²) in [5.41, 5.74) is 2.48. The molecule has 2 aromatic rings. The van der Waals surface area contributed by atoms with Crippen LogP contribution in [-0.2, 0) is 17.8 Å². The summed E-state index contributed by atoms with van der Waals surface area (Å²) in [7, 11) is 3.17. The predicted octanol–water partition coefficient (Wildman–Crippen LogP) is 3.86. The molecule has 0 unspecified atom stereocenters. The molecule has 1 aliphatic rings. The van der Waals surface area contributed by atoms with Crippen LogP contribution in [0, 0.1) is 10.1 Å². The molecule has 0 saturated heterocycles. The first-order chi connectivity index (χ1) is 13.4. The molecule has 0 aromatic heterocycles. The van der Waals surface area contributed by atoms with Gasteiger partial charge in [0.05, 0.1) is 19.1 Å². The van der Waals surface area contributed by atoms with Crippen molar-refractivity contribution in [1.82, 2.24) is 4.90 Å². The number of nitro groups is 1. The van der Waals surface area contributed by atoms with Crippen LogP contribution in [0.4, 0.5) is 5.69 Å². The number of rotatable bonds is 5. The maximum absolute atomic E-state index is 12.6. The molecule has 8 heteroatoms. The van der Waals surface area contributed by atoms with Crippen LogP contribution >= 0.6 is 11.6 Å². The molecule has 0 aliphatic carbocycles. The summed E-state index contributed by atoms with van der Waals surface area (Å²) in [5.74, 6) is 1.13. The van der Waals surface area contributed by atoms with Gasteiger partial charge in [-0.15, -0.1) is 0 Å². The predicted molar refractivity (Wildman–Crippen MR) is 106 cm³/mol. The fraction of sp³-hybridized carbons (Fsp3) is 0.250. The van der Waals surface area contributed by atoms with Gasteiger partial charge in [-0.05, 0) is 47.4 Å². The summed E-state index contributed by atoms with van der Waals surface area (Å²) < 4.78 is 10.7. The zero-order chi connectivity index (χ0) is 20.3. The van der Waals surface area contributed by atoms with Crippen LogP contribution in [0.2, 0.25) is 5.02 Å². The summed E-state index contributed by atoms with van der Waals surface area (Å²) in [4.78, 5) is 24.7. The third-order valence-corrected chi connectivity index (χ3v) is 4.93. The number of amides is 1. The lowest BCUT2D eigenvalue weighted by atomic mass is 9.98. The average molecular weight is 403 g/mol. The van der Waals surface area contributed by atoms with E-state index in [1.54, 1.807) is 31.3 Å². The van der Waals surface area contributed by atoms with Gasteiger partial charge in [0, 0.05) is 25.2 Å². The van der Waals surface area contributed by atoms with Crippen molar-refractivity contribution in [2.24, 2.45) is 0 Å². The van der Waals surface area contributed by atoms with Gasteiger partial charge in [0.25, 0.3) is 5.69 Å². The van der Waals surface area contributed by atoms with E-state index in [0.29, 0.717) is 36.6 Å². The van der Waals surface area contributed by atoms with E-state index >= 15 is 0 Å². The Hall–Kier alpha value is -3.06. The number of hydrogen-bond acceptors (Lipinski definition) is 5. The van der Waals surface area contributed by atoms with Crippen LogP contribution in [-0.4, -0.2) is 36.5 Å². The SMILES string of the molecule is COc1cc2c(cc1OC)CN(C(=O)/C=C/c1ccc(Cl)c([N+](=O)[O-])c1)CC2. The van der Waals surface area contributed by atoms with E-state index in [9.17, 15) is 14.9 Å². The molecule has 1 aliphatic heterocycles. The lowest BCUT2D eigenvalue weighted by Crippen LogP contribution is -2.34. The number of fused-ring (bicyclic) bond motifs is 1. The minimum absolute atomic E-state index is 0.0606. The molecule has 1 heterocycles. The molecule has 0 bridgehead atoms. The van der Waals surface area contributed by atoms with Gasteiger partial charge in [-0.25, -0.2) is 0 Å². The van der Waals surface area contributed by atoms with Crippen molar-refractivity contribution in [3.05, 3.63) is 68.2 Å². The van der Waals surface area contributed by atoms with Gasteiger partial charge >= 0.3 is 0 Å². The molecule has 0 spiro atoms. The molecule has 1 amide bonds. The van der Waals surface area contributed by atoms with Crippen LogP contribution in [0.3, 0.4) is 0 Å². The number of carbonyl (C=O) groups excluding carboxylic acids is 1. The van der Waals surface area contributed by atoms with Crippen LogP contribution in [0.15, 0.2) is 36.4 Å². The van der Waals surface area contributed by atoms with Gasteiger partial charge in [0.2, 0.25) is 5.91 Å². The number of halogens is 1. The summed E-state index contributed by atoms with van der Waals surface area (Å²) in [6, 6.07) is 8.25. The van der Waals surface area contributed by atoms with Crippen molar-refractivity contribution in [1.29, 1.82) is 0 Å². The van der Waals surface area contributed by atoms with Gasteiger partial charge in [-0.3, -0.25) is 14.9 Å². The molecular weight excluding hydrogens is 384 g/mol. The molecular formula is C20H19ClN2O5. The number of ether oxygens (including phenoxy) is 2. The molecule has 0 radical (unpaired) electrons. The van der Waals surface area contributed by atoms with E-state index in [4.69, 9.17) is 21.1 Å². The average Bonchev–Trinajstić information content (AvgIpc) is 2.71. The third kappa shape index (κ3) is 4.09. The highest BCUT2D eigenvalue weighted by atomic mass is 35.5. The van der Waals surface area contributed by atoms with E-state index < -0.39 is 4.92 Å². The maximum atomic E-state index is 12.6. The van der Waals surface area contributed by atoms with Gasteiger partial charge in [0.1, 0.15) is 5.02 Å². The third-order valence-electron chi connectivity index (χ3n) is 4.61. The molecule has 0 fully saturated rings. The van der Waals surface area contributed by atoms with E-state index in [0.717, 1.165) is 11.1 Å². The van der Waals surface area contributed by atoms with Crippen molar-refractivity contribution in [3.63, 3.8) is 0 Å².